The first-order valence-corrected chi connectivity index (χ1v) is 14.0. The predicted molar refractivity (Wildman–Crippen MR) is 147 cm³/mol. The summed E-state index contributed by atoms with van der Waals surface area (Å²) in [5.74, 6) is -3.39. The number of hydrogen-bond donors (Lipinski definition) is 0. The molecular formula is C34H28O6Ti. The van der Waals surface area contributed by atoms with Gasteiger partial charge >= 0.3 is 96.9 Å². The Bertz CT molecular complexity index is 1350. The molecule has 4 aromatic carbocycles. The van der Waals surface area contributed by atoms with E-state index in [0.717, 1.165) is 0 Å². The summed E-state index contributed by atoms with van der Waals surface area (Å²) in [5.41, 5.74) is 7.19. The van der Waals surface area contributed by atoms with Gasteiger partial charge < -0.3 is 29.7 Å². The molecule has 0 amide bonds. The Morgan fingerprint density at radius 1 is 0.537 bits per heavy atom. The molecule has 0 radical (unpaired) electrons. The van der Waals surface area contributed by atoms with Gasteiger partial charge in [-0.15, -0.1) is 0 Å². The summed E-state index contributed by atoms with van der Waals surface area (Å²) in [6.07, 6.45) is 5.44. The summed E-state index contributed by atoms with van der Waals surface area (Å²) in [7, 11) is 0. The van der Waals surface area contributed by atoms with Crippen LogP contribution in [0.3, 0.4) is 0 Å². The van der Waals surface area contributed by atoms with E-state index in [9.17, 15) is 29.7 Å². The van der Waals surface area contributed by atoms with Crippen molar-refractivity contribution in [2.75, 3.05) is 0 Å². The molecule has 1 atom stereocenters. The Balaban J connectivity index is 0.000000154. The monoisotopic (exact) mass is 580 g/mol. The molecule has 0 saturated heterocycles. The third-order valence-corrected chi connectivity index (χ3v) is 7.51. The molecule has 6 nitrogen and oxygen atoms in total. The van der Waals surface area contributed by atoms with E-state index >= 15 is 0 Å². The molecule has 7 heteroatoms. The van der Waals surface area contributed by atoms with Gasteiger partial charge in [0, 0.05) is 0 Å². The number of carboxylic acid groups (broad SMARTS) is 3. The van der Waals surface area contributed by atoms with Gasteiger partial charge in [-0.1, -0.05) is 91.0 Å². The van der Waals surface area contributed by atoms with Gasteiger partial charge in [-0.2, -0.15) is 0 Å². The van der Waals surface area contributed by atoms with Gasteiger partial charge in [-0.3, -0.25) is 0 Å². The van der Waals surface area contributed by atoms with Gasteiger partial charge in [0.2, 0.25) is 0 Å². The molecule has 0 spiro atoms. The molecule has 0 bridgehead atoms. The number of carbonyl (C=O) groups excluding carboxylic acids is 3. The Kier molecular flexibility index (Phi) is 12.3. The molecule has 0 N–H and O–H groups in total. The van der Waals surface area contributed by atoms with Crippen molar-refractivity contribution < 1.29 is 50.1 Å². The summed E-state index contributed by atoms with van der Waals surface area (Å²) in [6, 6.07) is 33.1. The van der Waals surface area contributed by atoms with E-state index in [1.165, 1.54) is 62.1 Å². The van der Waals surface area contributed by atoms with Crippen LogP contribution in [-0.4, -0.2) is 17.9 Å². The van der Waals surface area contributed by atoms with Crippen molar-refractivity contribution in [2.24, 2.45) is 0 Å². The van der Waals surface area contributed by atoms with Gasteiger partial charge in [-0.05, 0) is 16.7 Å². The fourth-order valence-electron chi connectivity index (χ4n) is 4.49. The second-order valence-corrected chi connectivity index (χ2v) is 10.1. The molecule has 204 valence electrons. The van der Waals surface area contributed by atoms with Gasteiger partial charge in [0.1, 0.15) is 0 Å². The van der Waals surface area contributed by atoms with Gasteiger partial charge in [0.25, 0.3) is 0 Å². The fraction of sp³-hybridized carbons (Fsp3) is 0.147. The molecule has 0 aliphatic heterocycles. The van der Waals surface area contributed by atoms with Crippen molar-refractivity contribution in [2.45, 2.75) is 29.9 Å². The van der Waals surface area contributed by atoms with Crippen molar-refractivity contribution in [3.05, 3.63) is 149 Å². The van der Waals surface area contributed by atoms with Crippen molar-refractivity contribution in [3.63, 3.8) is 0 Å². The van der Waals surface area contributed by atoms with E-state index in [4.69, 9.17) is 0 Å². The molecule has 0 aromatic heterocycles. The van der Waals surface area contributed by atoms with Crippen LogP contribution in [0.5, 0.6) is 0 Å². The van der Waals surface area contributed by atoms with E-state index in [0.29, 0.717) is 4.22 Å². The van der Waals surface area contributed by atoms with E-state index in [2.05, 4.69) is 44.7 Å². The Morgan fingerprint density at radius 2 is 0.902 bits per heavy atom. The van der Waals surface area contributed by atoms with Crippen LogP contribution in [0.15, 0.2) is 121 Å². The number of fused-ring (bicyclic) bond motifs is 2. The van der Waals surface area contributed by atoms with Crippen molar-refractivity contribution in [1.82, 2.24) is 0 Å². The Labute approximate surface area is 251 Å². The van der Waals surface area contributed by atoms with Gasteiger partial charge in [-0.25, -0.2) is 0 Å². The molecule has 0 heterocycles. The second-order valence-electron chi connectivity index (χ2n) is 9.19. The van der Waals surface area contributed by atoms with E-state index < -0.39 is 17.9 Å². The molecule has 41 heavy (non-hydrogen) atoms. The molecule has 0 saturated carbocycles. The van der Waals surface area contributed by atoms with Crippen LogP contribution in [0.2, 0.25) is 0 Å². The van der Waals surface area contributed by atoms with Crippen LogP contribution < -0.4 is 15.3 Å². The molecule has 0 fully saturated rings. The van der Waals surface area contributed by atoms with E-state index in [1.54, 1.807) is 76.9 Å². The minimum absolute atomic E-state index is 0.220. The summed E-state index contributed by atoms with van der Waals surface area (Å²) in [5, 5.41) is 30.3. The van der Waals surface area contributed by atoms with Crippen LogP contribution in [0.1, 0.15) is 72.1 Å². The molecule has 2 aliphatic carbocycles. The van der Waals surface area contributed by atoms with Gasteiger partial charge in [0.05, 0.1) is 17.9 Å². The minimum atomic E-state index is -1.13. The summed E-state index contributed by atoms with van der Waals surface area (Å²) in [6.45, 7) is 0. The average molecular weight is 580 g/mol. The zero-order valence-corrected chi connectivity index (χ0v) is 23.9. The van der Waals surface area contributed by atoms with Crippen molar-refractivity contribution in [1.29, 1.82) is 0 Å². The zero-order chi connectivity index (χ0) is 29.6. The average Bonchev–Trinajstić information content (AvgIpc) is 3.31. The van der Waals surface area contributed by atoms with Crippen molar-refractivity contribution in [3.8, 4) is 0 Å². The Hall–Kier alpha value is -4.26. The molecule has 2 aliphatic rings. The topological polar surface area (TPSA) is 120 Å². The maximum atomic E-state index is 10.1. The van der Waals surface area contributed by atoms with Crippen molar-refractivity contribution >= 4 is 23.5 Å². The number of rotatable bonds is 3. The number of hydrogen-bond acceptors (Lipinski definition) is 6. The number of carbonyl (C=O) groups is 3. The van der Waals surface area contributed by atoms with Crippen LogP contribution in [0.4, 0.5) is 0 Å². The van der Waals surface area contributed by atoms with Crippen LogP contribution in [0.25, 0.3) is 5.57 Å². The summed E-state index contributed by atoms with van der Waals surface area (Å²) in [4.78, 5) is 30.3. The molecule has 1 unspecified atom stereocenters. The summed E-state index contributed by atoms with van der Waals surface area (Å²) >= 11 is 2.37. The van der Waals surface area contributed by atoms with Crippen LogP contribution in [0, 0.1) is 0 Å². The first-order chi connectivity index (χ1) is 19.8. The van der Waals surface area contributed by atoms with Crippen LogP contribution in [-0.2, 0) is 20.4 Å². The molecular weight excluding hydrogens is 552 g/mol. The number of benzene rings is 4. The molecule has 6 rings (SSSR count). The van der Waals surface area contributed by atoms with Crippen LogP contribution >= 0.6 is 0 Å². The first kappa shape index (κ1) is 31.3. The normalized spacial score (nSPS) is 14.3. The summed E-state index contributed by atoms with van der Waals surface area (Å²) < 4.78 is 0.696. The second kappa shape index (κ2) is 16.1. The van der Waals surface area contributed by atoms with E-state index in [-0.39, 0.29) is 16.7 Å². The third kappa shape index (κ3) is 9.42. The number of aromatic carboxylic acids is 3. The Morgan fingerprint density at radius 3 is 1.29 bits per heavy atom. The predicted octanol–water partition coefficient (Wildman–Crippen LogP) is 3.77. The standard InChI is InChI=1S/C13H13.3C7H6O2.Ti/c1-3-7-12-10(5-1)9-11-6-2-4-8-13(11)12;3*8-7(9)6-4-2-1-3-5-6;/h1,3,5,7,9H,2,4,6,8H2;3*1-5H,(H,8,9);/q;;;;+3/p-3. The third-order valence-electron chi connectivity index (χ3n) is 6.48. The quantitative estimate of drug-likeness (QED) is 0.341. The number of allylic oxidation sites excluding steroid dienone is 2. The maximum absolute atomic E-state index is 10.1. The first-order valence-electron chi connectivity index (χ1n) is 13.1. The SMILES string of the molecule is O=C([O-])c1ccccc1.O=C([O-])c1ccccc1.O=C([O-])c1ccccc1.[Ti+3][CH]1C2=C(CCCC2)c2ccccc21. The van der Waals surface area contributed by atoms with E-state index in [1.807, 2.05) is 0 Å². The number of carboxylic acids is 3. The molecule has 4 aromatic rings. The van der Waals surface area contributed by atoms with Gasteiger partial charge in [0.15, 0.2) is 0 Å². The zero-order valence-electron chi connectivity index (χ0n) is 22.3. The fourth-order valence-corrected chi connectivity index (χ4v) is 5.38.